The van der Waals surface area contributed by atoms with Crippen LogP contribution in [0.2, 0.25) is 0 Å². The van der Waals surface area contributed by atoms with Crippen LogP contribution in [0.1, 0.15) is 29.2 Å². The summed E-state index contributed by atoms with van der Waals surface area (Å²) in [7, 11) is 0. The van der Waals surface area contributed by atoms with Crippen LogP contribution in [0.25, 0.3) is 0 Å². The molecular formula is C11H13NO2. The van der Waals surface area contributed by atoms with Gasteiger partial charge in [0.05, 0.1) is 0 Å². The molecule has 3 heteroatoms. The first-order valence-electron chi connectivity index (χ1n) is 4.79. The van der Waals surface area contributed by atoms with Gasteiger partial charge in [-0.25, -0.2) is 0 Å². The van der Waals surface area contributed by atoms with Crippen molar-refractivity contribution in [3.8, 4) is 0 Å². The third kappa shape index (κ3) is 1.40. The zero-order chi connectivity index (χ0) is 10.1. The monoisotopic (exact) mass is 191 g/mol. The van der Waals surface area contributed by atoms with Gasteiger partial charge in [0.15, 0.2) is 0 Å². The number of rotatable bonds is 2. The summed E-state index contributed by atoms with van der Waals surface area (Å²) >= 11 is 0. The number of hydrogen-bond donors (Lipinski definition) is 2. The second-order valence-corrected chi connectivity index (χ2v) is 3.65. The molecule has 0 unspecified atom stereocenters. The largest absolute Gasteiger partial charge is 0.480 e. The molecule has 2 rings (SSSR count). The van der Waals surface area contributed by atoms with Crippen molar-refractivity contribution in [3.05, 3.63) is 34.9 Å². The molecule has 3 nitrogen and oxygen atoms in total. The van der Waals surface area contributed by atoms with Gasteiger partial charge >= 0.3 is 5.97 Å². The summed E-state index contributed by atoms with van der Waals surface area (Å²) in [5, 5.41) is 8.84. The Morgan fingerprint density at radius 2 is 2.21 bits per heavy atom. The van der Waals surface area contributed by atoms with Crippen molar-refractivity contribution in [2.24, 2.45) is 5.73 Å². The molecular weight excluding hydrogens is 178 g/mol. The number of carbonyl (C=O) groups is 1. The van der Waals surface area contributed by atoms with Crippen LogP contribution in [0.3, 0.4) is 0 Å². The minimum Gasteiger partial charge on any atom is -0.480 e. The van der Waals surface area contributed by atoms with Crippen LogP contribution in [0.4, 0.5) is 0 Å². The zero-order valence-electron chi connectivity index (χ0n) is 7.86. The second-order valence-electron chi connectivity index (χ2n) is 3.65. The molecule has 74 valence electrons. The van der Waals surface area contributed by atoms with Gasteiger partial charge in [-0.2, -0.15) is 0 Å². The Morgan fingerprint density at radius 3 is 2.93 bits per heavy atom. The smallest absolute Gasteiger partial charge is 0.325 e. The molecule has 0 heterocycles. The normalized spacial score (nSPS) is 16.4. The minimum absolute atomic E-state index is 0.785. The summed E-state index contributed by atoms with van der Waals surface area (Å²) in [6, 6.07) is 4.90. The second kappa shape index (κ2) is 3.42. The molecule has 3 N–H and O–H groups in total. The molecule has 0 aromatic heterocycles. The number of nitrogens with two attached hydrogens (primary N) is 1. The Balaban J connectivity index is 2.44. The minimum atomic E-state index is -0.953. The Kier molecular flexibility index (Phi) is 2.25. The van der Waals surface area contributed by atoms with Crippen molar-refractivity contribution >= 4 is 5.97 Å². The van der Waals surface area contributed by atoms with E-state index in [1.807, 2.05) is 12.1 Å². The first-order valence-corrected chi connectivity index (χ1v) is 4.79. The van der Waals surface area contributed by atoms with Gasteiger partial charge in [0.2, 0.25) is 0 Å². The van der Waals surface area contributed by atoms with Gasteiger partial charge in [-0.15, -0.1) is 0 Å². The topological polar surface area (TPSA) is 63.3 Å². The van der Waals surface area contributed by atoms with E-state index in [9.17, 15) is 4.79 Å². The highest BCUT2D eigenvalue weighted by Crippen LogP contribution is 2.28. The number of carboxylic acids is 1. The van der Waals surface area contributed by atoms with Crippen LogP contribution >= 0.6 is 0 Å². The Bertz CT molecular complexity index is 374. The molecule has 0 amide bonds. The fraction of sp³-hybridized carbons (Fsp3) is 0.364. The van der Waals surface area contributed by atoms with Crippen molar-refractivity contribution < 1.29 is 9.90 Å². The number of benzene rings is 1. The van der Waals surface area contributed by atoms with Crippen LogP contribution in [0.5, 0.6) is 0 Å². The van der Waals surface area contributed by atoms with Crippen LogP contribution in [0, 0.1) is 0 Å². The average Bonchev–Trinajstić information content (AvgIpc) is 2.63. The highest BCUT2D eigenvalue weighted by atomic mass is 16.4. The molecule has 0 aliphatic heterocycles. The van der Waals surface area contributed by atoms with Crippen molar-refractivity contribution in [1.82, 2.24) is 0 Å². The quantitative estimate of drug-likeness (QED) is 0.739. The highest BCUT2D eigenvalue weighted by Gasteiger charge is 2.21. The van der Waals surface area contributed by atoms with E-state index in [0.29, 0.717) is 0 Å². The predicted octanol–water partition coefficient (Wildman–Crippen LogP) is 1.26. The van der Waals surface area contributed by atoms with E-state index in [4.69, 9.17) is 10.8 Å². The number of hydrogen-bond acceptors (Lipinski definition) is 2. The standard InChI is InChI=1S/C11H13NO2/c12-10(11(13)14)9-6-2-4-7-3-1-5-8(7)9/h2,4,6,10H,1,3,5,12H2,(H,13,14)/t10-/m1/s1. The molecule has 1 atom stereocenters. The number of fused-ring (bicyclic) bond motifs is 1. The lowest BCUT2D eigenvalue weighted by atomic mass is 9.98. The van der Waals surface area contributed by atoms with E-state index in [-0.39, 0.29) is 0 Å². The number of carboxylic acid groups (broad SMARTS) is 1. The molecule has 1 aromatic rings. The first-order chi connectivity index (χ1) is 6.70. The molecule has 0 spiro atoms. The van der Waals surface area contributed by atoms with Crippen molar-refractivity contribution in [2.75, 3.05) is 0 Å². The molecule has 0 fully saturated rings. The average molecular weight is 191 g/mol. The van der Waals surface area contributed by atoms with Crippen LogP contribution < -0.4 is 5.73 Å². The van der Waals surface area contributed by atoms with Crippen LogP contribution in [-0.4, -0.2) is 11.1 Å². The van der Waals surface area contributed by atoms with E-state index in [2.05, 4.69) is 6.07 Å². The summed E-state index contributed by atoms with van der Waals surface area (Å²) in [5.41, 5.74) is 8.81. The van der Waals surface area contributed by atoms with Gasteiger partial charge in [0.25, 0.3) is 0 Å². The maximum Gasteiger partial charge on any atom is 0.325 e. The molecule has 14 heavy (non-hydrogen) atoms. The van der Waals surface area contributed by atoms with Gasteiger partial charge in [-0.1, -0.05) is 18.2 Å². The Labute approximate surface area is 82.5 Å². The van der Waals surface area contributed by atoms with Gasteiger partial charge in [0, 0.05) is 0 Å². The van der Waals surface area contributed by atoms with E-state index in [1.165, 1.54) is 5.56 Å². The van der Waals surface area contributed by atoms with Crippen LogP contribution in [-0.2, 0) is 17.6 Å². The lowest BCUT2D eigenvalue weighted by Gasteiger charge is -2.11. The van der Waals surface area contributed by atoms with Gasteiger partial charge < -0.3 is 10.8 Å². The van der Waals surface area contributed by atoms with Crippen molar-refractivity contribution in [3.63, 3.8) is 0 Å². The summed E-state index contributed by atoms with van der Waals surface area (Å²) in [5.74, 6) is -0.953. The van der Waals surface area contributed by atoms with Gasteiger partial charge in [-0.05, 0) is 36.0 Å². The Hall–Kier alpha value is -1.35. The lowest BCUT2D eigenvalue weighted by Crippen LogP contribution is -2.22. The Morgan fingerprint density at radius 1 is 1.43 bits per heavy atom. The third-order valence-electron chi connectivity index (χ3n) is 2.78. The molecule has 0 saturated heterocycles. The molecule has 0 saturated carbocycles. The van der Waals surface area contributed by atoms with Crippen LogP contribution in [0.15, 0.2) is 18.2 Å². The molecule has 1 aliphatic carbocycles. The maximum atomic E-state index is 10.8. The van der Waals surface area contributed by atoms with E-state index >= 15 is 0 Å². The zero-order valence-corrected chi connectivity index (χ0v) is 7.86. The molecule has 1 aromatic carbocycles. The SMILES string of the molecule is N[C@@H](C(=O)O)c1cccc2c1CCC2. The summed E-state index contributed by atoms with van der Waals surface area (Å²) in [6.07, 6.45) is 3.13. The van der Waals surface area contributed by atoms with Crippen molar-refractivity contribution in [1.29, 1.82) is 0 Å². The molecule has 0 radical (unpaired) electrons. The summed E-state index contributed by atoms with van der Waals surface area (Å²) in [6.45, 7) is 0. The highest BCUT2D eigenvalue weighted by molar-refractivity contribution is 5.76. The summed E-state index contributed by atoms with van der Waals surface area (Å²) < 4.78 is 0. The summed E-state index contributed by atoms with van der Waals surface area (Å²) in [4.78, 5) is 10.8. The fourth-order valence-corrected chi connectivity index (χ4v) is 2.07. The number of aliphatic carboxylic acids is 1. The van der Waals surface area contributed by atoms with E-state index < -0.39 is 12.0 Å². The van der Waals surface area contributed by atoms with Gasteiger partial charge in [-0.3, -0.25) is 4.79 Å². The fourth-order valence-electron chi connectivity index (χ4n) is 2.07. The first kappa shape index (κ1) is 9.21. The third-order valence-corrected chi connectivity index (χ3v) is 2.78. The number of aryl methyl sites for hydroxylation is 1. The van der Waals surface area contributed by atoms with E-state index in [0.717, 1.165) is 30.4 Å². The van der Waals surface area contributed by atoms with E-state index in [1.54, 1.807) is 0 Å². The molecule has 0 bridgehead atoms. The lowest BCUT2D eigenvalue weighted by molar-refractivity contribution is -0.138. The molecule has 1 aliphatic rings. The van der Waals surface area contributed by atoms with Crippen molar-refractivity contribution in [2.45, 2.75) is 25.3 Å². The predicted molar refractivity (Wildman–Crippen MR) is 53.0 cm³/mol. The maximum absolute atomic E-state index is 10.8. The van der Waals surface area contributed by atoms with Gasteiger partial charge in [0.1, 0.15) is 6.04 Å².